The molecule has 0 atom stereocenters. The van der Waals surface area contributed by atoms with Crippen molar-refractivity contribution in [1.29, 1.82) is 0 Å². The van der Waals surface area contributed by atoms with Crippen LogP contribution in [0.5, 0.6) is 0 Å². The first kappa shape index (κ1) is 14.2. The van der Waals surface area contributed by atoms with Crippen LogP contribution in [0.15, 0.2) is 41.0 Å². The van der Waals surface area contributed by atoms with Gasteiger partial charge in [0.2, 0.25) is 0 Å². The van der Waals surface area contributed by atoms with Crippen LogP contribution in [-0.4, -0.2) is 22.0 Å². The van der Waals surface area contributed by atoms with Crippen molar-refractivity contribution >= 4 is 33.5 Å². The van der Waals surface area contributed by atoms with Crippen molar-refractivity contribution in [3.05, 3.63) is 57.8 Å². The minimum atomic E-state index is -1.06. The molecule has 0 aliphatic rings. The second-order valence-corrected chi connectivity index (χ2v) is 5.04. The first-order valence-electron chi connectivity index (χ1n) is 5.74. The van der Waals surface area contributed by atoms with Crippen LogP contribution in [0.1, 0.15) is 26.4 Å². The molecule has 5 nitrogen and oxygen atoms in total. The molecule has 2 rings (SSSR count). The normalized spacial score (nSPS) is 10.1. The number of aromatic carboxylic acids is 1. The van der Waals surface area contributed by atoms with Crippen molar-refractivity contribution in [2.45, 2.75) is 6.92 Å². The quantitative estimate of drug-likeness (QED) is 0.903. The summed E-state index contributed by atoms with van der Waals surface area (Å²) in [7, 11) is 0. The number of anilines is 1. The van der Waals surface area contributed by atoms with Gasteiger partial charge in [-0.3, -0.25) is 9.78 Å². The van der Waals surface area contributed by atoms with Gasteiger partial charge in [-0.05, 0) is 37.3 Å². The molecular formula is C14H11BrN2O3. The van der Waals surface area contributed by atoms with Gasteiger partial charge in [-0.2, -0.15) is 0 Å². The zero-order valence-corrected chi connectivity index (χ0v) is 12.1. The molecule has 0 bridgehead atoms. The average Bonchev–Trinajstić information content (AvgIpc) is 2.38. The van der Waals surface area contributed by atoms with Crippen LogP contribution in [0.25, 0.3) is 0 Å². The van der Waals surface area contributed by atoms with Crippen LogP contribution in [0.4, 0.5) is 5.69 Å². The second kappa shape index (κ2) is 5.83. The van der Waals surface area contributed by atoms with Gasteiger partial charge in [0.05, 0.1) is 11.1 Å². The summed E-state index contributed by atoms with van der Waals surface area (Å²) in [6.45, 7) is 1.73. The number of halogens is 1. The van der Waals surface area contributed by atoms with Crippen molar-refractivity contribution in [3.63, 3.8) is 0 Å². The van der Waals surface area contributed by atoms with E-state index in [-0.39, 0.29) is 11.5 Å². The molecule has 2 aromatic rings. The largest absolute Gasteiger partial charge is 0.478 e. The smallest absolute Gasteiger partial charge is 0.335 e. The number of carbonyl (C=O) groups excluding carboxylic acids is 1. The number of pyridine rings is 1. The number of aromatic nitrogens is 1. The molecule has 0 aliphatic heterocycles. The Morgan fingerprint density at radius 3 is 2.70 bits per heavy atom. The Labute approximate surface area is 123 Å². The Balaban J connectivity index is 2.28. The van der Waals surface area contributed by atoms with E-state index in [1.165, 1.54) is 12.1 Å². The molecule has 1 amide bonds. The Morgan fingerprint density at radius 1 is 1.30 bits per heavy atom. The second-order valence-electron chi connectivity index (χ2n) is 4.12. The van der Waals surface area contributed by atoms with Gasteiger partial charge in [-0.15, -0.1) is 0 Å². The summed E-state index contributed by atoms with van der Waals surface area (Å²) >= 11 is 3.21. The fourth-order valence-corrected chi connectivity index (χ4v) is 2.20. The van der Waals surface area contributed by atoms with Gasteiger partial charge in [-0.1, -0.05) is 15.9 Å². The lowest BCUT2D eigenvalue weighted by atomic mass is 10.1. The van der Waals surface area contributed by atoms with E-state index in [0.717, 1.165) is 0 Å². The number of nitrogens with zero attached hydrogens (tertiary/aromatic N) is 1. The van der Waals surface area contributed by atoms with Crippen LogP contribution in [0, 0.1) is 6.92 Å². The number of aryl methyl sites for hydroxylation is 1. The third kappa shape index (κ3) is 3.21. The number of hydrogen-bond donors (Lipinski definition) is 2. The SMILES string of the molecule is Cc1ncccc1C(=O)Nc1cc(Br)cc(C(=O)O)c1. The summed E-state index contributed by atoms with van der Waals surface area (Å²) in [6.07, 6.45) is 1.60. The van der Waals surface area contributed by atoms with Gasteiger partial charge < -0.3 is 10.4 Å². The maximum Gasteiger partial charge on any atom is 0.335 e. The minimum absolute atomic E-state index is 0.0950. The van der Waals surface area contributed by atoms with E-state index >= 15 is 0 Å². The van der Waals surface area contributed by atoms with Crippen LogP contribution in [0.3, 0.4) is 0 Å². The summed E-state index contributed by atoms with van der Waals surface area (Å²) in [6, 6.07) is 7.83. The van der Waals surface area contributed by atoms with E-state index < -0.39 is 5.97 Å². The van der Waals surface area contributed by atoms with E-state index in [1.54, 1.807) is 31.3 Å². The standard InChI is InChI=1S/C14H11BrN2O3/c1-8-12(3-2-4-16-8)13(18)17-11-6-9(14(19)20)5-10(15)7-11/h2-7H,1H3,(H,17,18)(H,19,20). The predicted molar refractivity (Wildman–Crippen MR) is 78.0 cm³/mol. The molecule has 0 radical (unpaired) electrons. The van der Waals surface area contributed by atoms with Gasteiger partial charge in [-0.25, -0.2) is 4.79 Å². The van der Waals surface area contributed by atoms with Gasteiger partial charge in [0.15, 0.2) is 0 Å². The molecule has 0 saturated heterocycles. The highest BCUT2D eigenvalue weighted by atomic mass is 79.9. The average molecular weight is 335 g/mol. The number of carbonyl (C=O) groups is 2. The lowest BCUT2D eigenvalue weighted by molar-refractivity contribution is 0.0696. The fraction of sp³-hybridized carbons (Fsp3) is 0.0714. The molecular weight excluding hydrogens is 324 g/mol. The number of benzene rings is 1. The monoisotopic (exact) mass is 334 g/mol. The summed E-state index contributed by atoms with van der Waals surface area (Å²) < 4.78 is 0.579. The summed E-state index contributed by atoms with van der Waals surface area (Å²) in [5.74, 6) is -1.38. The zero-order chi connectivity index (χ0) is 14.7. The minimum Gasteiger partial charge on any atom is -0.478 e. The number of amides is 1. The van der Waals surface area contributed by atoms with E-state index in [2.05, 4.69) is 26.2 Å². The van der Waals surface area contributed by atoms with Crippen LogP contribution in [-0.2, 0) is 0 Å². The summed E-state index contributed by atoms with van der Waals surface area (Å²) in [5, 5.41) is 11.6. The molecule has 2 N–H and O–H groups in total. The van der Waals surface area contributed by atoms with Crippen LogP contribution < -0.4 is 5.32 Å². The molecule has 0 fully saturated rings. The molecule has 20 heavy (non-hydrogen) atoms. The summed E-state index contributed by atoms with van der Waals surface area (Å²) in [5.41, 5.74) is 1.56. The Kier molecular flexibility index (Phi) is 4.14. The third-order valence-corrected chi connectivity index (χ3v) is 3.11. The topological polar surface area (TPSA) is 79.3 Å². The van der Waals surface area contributed by atoms with Crippen LogP contribution >= 0.6 is 15.9 Å². The predicted octanol–water partition coefficient (Wildman–Crippen LogP) is 3.10. The van der Waals surface area contributed by atoms with E-state index in [0.29, 0.717) is 21.4 Å². The Morgan fingerprint density at radius 2 is 2.05 bits per heavy atom. The van der Waals surface area contributed by atoms with Gasteiger partial charge in [0.25, 0.3) is 5.91 Å². The van der Waals surface area contributed by atoms with Crippen LogP contribution in [0.2, 0.25) is 0 Å². The van der Waals surface area contributed by atoms with Crippen molar-refractivity contribution in [2.75, 3.05) is 5.32 Å². The molecule has 0 saturated carbocycles. The molecule has 1 heterocycles. The van der Waals surface area contributed by atoms with E-state index in [1.807, 2.05) is 0 Å². The maximum absolute atomic E-state index is 12.1. The van der Waals surface area contributed by atoms with Gasteiger partial charge in [0.1, 0.15) is 0 Å². The third-order valence-electron chi connectivity index (χ3n) is 2.65. The number of rotatable bonds is 3. The zero-order valence-electron chi connectivity index (χ0n) is 10.6. The molecule has 0 unspecified atom stereocenters. The number of carboxylic acid groups (broad SMARTS) is 1. The van der Waals surface area contributed by atoms with Gasteiger partial charge in [0, 0.05) is 22.1 Å². The molecule has 0 aliphatic carbocycles. The number of nitrogens with one attached hydrogen (secondary N) is 1. The van der Waals surface area contributed by atoms with E-state index in [9.17, 15) is 9.59 Å². The van der Waals surface area contributed by atoms with Crippen molar-refractivity contribution in [3.8, 4) is 0 Å². The highest BCUT2D eigenvalue weighted by Crippen LogP contribution is 2.20. The Bertz CT molecular complexity index is 686. The molecule has 102 valence electrons. The molecule has 1 aromatic heterocycles. The fourth-order valence-electron chi connectivity index (χ4n) is 1.71. The highest BCUT2D eigenvalue weighted by Gasteiger charge is 2.12. The first-order valence-corrected chi connectivity index (χ1v) is 6.53. The lowest BCUT2D eigenvalue weighted by Gasteiger charge is -2.08. The van der Waals surface area contributed by atoms with Crippen molar-refractivity contribution in [1.82, 2.24) is 4.98 Å². The number of carboxylic acids is 1. The van der Waals surface area contributed by atoms with Crippen molar-refractivity contribution < 1.29 is 14.7 Å². The summed E-state index contributed by atoms with van der Waals surface area (Å²) in [4.78, 5) is 27.1. The molecule has 0 spiro atoms. The maximum atomic E-state index is 12.1. The molecule has 6 heteroatoms. The highest BCUT2D eigenvalue weighted by molar-refractivity contribution is 9.10. The lowest BCUT2D eigenvalue weighted by Crippen LogP contribution is -2.14. The van der Waals surface area contributed by atoms with Crippen molar-refractivity contribution in [2.24, 2.45) is 0 Å². The van der Waals surface area contributed by atoms with E-state index in [4.69, 9.17) is 5.11 Å². The number of hydrogen-bond acceptors (Lipinski definition) is 3. The Hall–Kier alpha value is -2.21. The van der Waals surface area contributed by atoms with Gasteiger partial charge >= 0.3 is 5.97 Å². The first-order chi connectivity index (χ1) is 9.47. The molecule has 1 aromatic carbocycles.